The van der Waals surface area contributed by atoms with Crippen molar-refractivity contribution in [2.75, 3.05) is 7.05 Å². The summed E-state index contributed by atoms with van der Waals surface area (Å²) >= 11 is 0. The lowest BCUT2D eigenvalue weighted by molar-refractivity contribution is -0.135. The Morgan fingerprint density at radius 2 is 2.27 bits per heavy atom. The molecule has 0 spiro atoms. The number of aliphatic imine (C=N–C) groups is 1. The molecule has 0 heterocycles. The molecule has 4 nitrogen and oxygen atoms in total. The molecule has 4 heteroatoms. The van der Waals surface area contributed by atoms with Crippen molar-refractivity contribution in [2.24, 2.45) is 10.7 Å². The van der Waals surface area contributed by atoms with Gasteiger partial charge in [0.25, 0.3) is 6.02 Å². The molecular formula is C7H14N2O2. The number of carbonyl (C=O) groups excluding carboxylic acids is 1. The molecule has 0 amide bonds. The highest BCUT2D eigenvalue weighted by atomic mass is 16.5. The van der Waals surface area contributed by atoms with E-state index in [1.54, 1.807) is 0 Å². The minimum absolute atomic E-state index is 0.0638. The highest BCUT2D eigenvalue weighted by molar-refractivity contribution is 5.86. The van der Waals surface area contributed by atoms with Crippen LogP contribution in [0.15, 0.2) is 4.99 Å². The van der Waals surface area contributed by atoms with Crippen LogP contribution in [-0.4, -0.2) is 19.0 Å². The van der Waals surface area contributed by atoms with Crippen LogP contribution in [0.25, 0.3) is 0 Å². The predicted molar refractivity (Wildman–Crippen MR) is 43.2 cm³/mol. The molecule has 64 valence electrons. The lowest BCUT2D eigenvalue weighted by atomic mass is 10.3. The van der Waals surface area contributed by atoms with Crippen molar-refractivity contribution in [3.8, 4) is 0 Å². The maximum absolute atomic E-state index is 10.8. The van der Waals surface area contributed by atoms with Gasteiger partial charge in [-0.25, -0.2) is 4.99 Å². The third kappa shape index (κ3) is 5.39. The van der Waals surface area contributed by atoms with Crippen molar-refractivity contribution in [3.63, 3.8) is 0 Å². The van der Waals surface area contributed by atoms with E-state index in [1.807, 2.05) is 6.92 Å². The number of nitrogens with two attached hydrogens (primary N) is 1. The smallest absolute Gasteiger partial charge is 0.313 e. The zero-order valence-corrected chi connectivity index (χ0v) is 6.96. The second-order valence-electron chi connectivity index (χ2n) is 2.14. The number of hydrogen-bond acceptors (Lipinski definition) is 3. The van der Waals surface area contributed by atoms with Gasteiger partial charge in [-0.3, -0.25) is 4.79 Å². The van der Waals surface area contributed by atoms with Crippen LogP contribution in [0, 0.1) is 0 Å². The fraction of sp³-hybridized carbons (Fsp3) is 0.714. The van der Waals surface area contributed by atoms with E-state index < -0.39 is 0 Å². The predicted octanol–water partition coefficient (Wildman–Crippen LogP) is 0.664. The summed E-state index contributed by atoms with van der Waals surface area (Å²) in [7, 11) is 1.47. The average molecular weight is 158 g/mol. The van der Waals surface area contributed by atoms with Crippen LogP contribution in [0.2, 0.25) is 0 Å². The molecule has 0 aromatic rings. The van der Waals surface area contributed by atoms with E-state index >= 15 is 0 Å². The van der Waals surface area contributed by atoms with E-state index in [9.17, 15) is 4.79 Å². The molecule has 0 saturated carbocycles. The maximum atomic E-state index is 10.8. The van der Waals surface area contributed by atoms with Crippen molar-refractivity contribution in [1.29, 1.82) is 0 Å². The van der Waals surface area contributed by atoms with E-state index in [2.05, 4.69) is 9.73 Å². The molecule has 0 aromatic heterocycles. The number of esters is 1. The van der Waals surface area contributed by atoms with Gasteiger partial charge in [0.15, 0.2) is 0 Å². The third-order valence-electron chi connectivity index (χ3n) is 1.17. The van der Waals surface area contributed by atoms with Gasteiger partial charge in [0, 0.05) is 13.5 Å². The first-order valence-electron chi connectivity index (χ1n) is 3.63. The Bertz CT molecular complexity index is 155. The molecule has 0 rings (SSSR count). The Labute approximate surface area is 66.4 Å². The standard InChI is InChI=1S/C7H14N2O2/c1-3-4-5-6(10)11-7(8)9-2/h3-5H2,1-2H3,(H2,8,9). The Hall–Kier alpha value is -1.06. The molecule has 2 N–H and O–H groups in total. The Morgan fingerprint density at radius 1 is 1.64 bits per heavy atom. The van der Waals surface area contributed by atoms with Gasteiger partial charge < -0.3 is 10.5 Å². The van der Waals surface area contributed by atoms with E-state index in [0.29, 0.717) is 6.42 Å². The van der Waals surface area contributed by atoms with Crippen molar-refractivity contribution >= 4 is 12.0 Å². The summed E-state index contributed by atoms with van der Waals surface area (Å²) in [6.07, 6.45) is 2.21. The van der Waals surface area contributed by atoms with Crippen LogP contribution in [-0.2, 0) is 9.53 Å². The number of carbonyl (C=O) groups is 1. The topological polar surface area (TPSA) is 64.7 Å². The summed E-state index contributed by atoms with van der Waals surface area (Å²) in [6.45, 7) is 2.00. The summed E-state index contributed by atoms with van der Waals surface area (Å²) < 4.78 is 4.59. The van der Waals surface area contributed by atoms with Gasteiger partial charge in [-0.15, -0.1) is 0 Å². The quantitative estimate of drug-likeness (QED) is 0.373. The lowest BCUT2D eigenvalue weighted by Gasteiger charge is -1.99. The van der Waals surface area contributed by atoms with Crippen LogP contribution in [0.3, 0.4) is 0 Å². The molecule has 0 unspecified atom stereocenters. The number of unbranched alkanes of at least 4 members (excludes halogenated alkanes) is 1. The Morgan fingerprint density at radius 3 is 2.73 bits per heavy atom. The number of nitrogens with zero attached hydrogens (tertiary/aromatic N) is 1. The summed E-state index contributed by atoms with van der Waals surface area (Å²) in [5.41, 5.74) is 5.15. The zero-order valence-electron chi connectivity index (χ0n) is 6.96. The number of rotatable bonds is 3. The summed E-state index contributed by atoms with van der Waals surface area (Å²) in [5, 5.41) is 0. The highest BCUT2D eigenvalue weighted by Gasteiger charge is 2.02. The molecule has 11 heavy (non-hydrogen) atoms. The minimum Gasteiger partial charge on any atom is -0.393 e. The monoisotopic (exact) mass is 158 g/mol. The molecule has 0 atom stereocenters. The van der Waals surface area contributed by atoms with Crippen molar-refractivity contribution in [2.45, 2.75) is 26.2 Å². The van der Waals surface area contributed by atoms with E-state index in [1.165, 1.54) is 7.05 Å². The second kappa shape index (κ2) is 5.70. The Kier molecular flexibility index (Phi) is 5.15. The molecule has 0 fully saturated rings. The first kappa shape index (κ1) is 9.94. The van der Waals surface area contributed by atoms with Crippen molar-refractivity contribution in [3.05, 3.63) is 0 Å². The van der Waals surface area contributed by atoms with Gasteiger partial charge in [0.05, 0.1) is 0 Å². The van der Waals surface area contributed by atoms with Crippen LogP contribution < -0.4 is 5.73 Å². The maximum Gasteiger partial charge on any atom is 0.313 e. The zero-order chi connectivity index (χ0) is 8.69. The van der Waals surface area contributed by atoms with E-state index in [4.69, 9.17) is 5.73 Å². The largest absolute Gasteiger partial charge is 0.393 e. The van der Waals surface area contributed by atoms with Gasteiger partial charge in [-0.1, -0.05) is 13.3 Å². The van der Waals surface area contributed by atoms with Crippen LogP contribution in [0.5, 0.6) is 0 Å². The van der Waals surface area contributed by atoms with Gasteiger partial charge in [-0.05, 0) is 6.42 Å². The van der Waals surface area contributed by atoms with Crippen LogP contribution in [0.4, 0.5) is 0 Å². The first-order valence-corrected chi connectivity index (χ1v) is 3.63. The van der Waals surface area contributed by atoms with Crippen LogP contribution in [0.1, 0.15) is 26.2 Å². The van der Waals surface area contributed by atoms with Crippen molar-refractivity contribution < 1.29 is 9.53 Å². The average Bonchev–Trinajstić information content (AvgIpc) is 2.00. The molecule has 0 aliphatic rings. The van der Waals surface area contributed by atoms with E-state index in [0.717, 1.165) is 12.8 Å². The molecule has 0 saturated heterocycles. The van der Waals surface area contributed by atoms with E-state index in [-0.39, 0.29) is 12.0 Å². The number of amidine groups is 1. The van der Waals surface area contributed by atoms with Gasteiger partial charge in [0.2, 0.25) is 0 Å². The second-order valence-corrected chi connectivity index (χ2v) is 2.14. The summed E-state index contributed by atoms with van der Waals surface area (Å²) in [4.78, 5) is 14.3. The Balaban J connectivity index is 3.53. The fourth-order valence-corrected chi connectivity index (χ4v) is 0.534. The van der Waals surface area contributed by atoms with Gasteiger partial charge >= 0.3 is 5.97 Å². The molecular weight excluding hydrogens is 144 g/mol. The highest BCUT2D eigenvalue weighted by Crippen LogP contribution is 1.95. The fourth-order valence-electron chi connectivity index (χ4n) is 0.534. The number of hydrogen-bond donors (Lipinski definition) is 1. The molecule has 0 bridgehead atoms. The lowest BCUT2D eigenvalue weighted by Crippen LogP contribution is -2.20. The minimum atomic E-state index is -0.310. The van der Waals surface area contributed by atoms with Gasteiger partial charge in [-0.2, -0.15) is 0 Å². The number of ether oxygens (including phenoxy) is 1. The third-order valence-corrected chi connectivity index (χ3v) is 1.17. The van der Waals surface area contributed by atoms with Crippen molar-refractivity contribution in [1.82, 2.24) is 0 Å². The first-order chi connectivity index (χ1) is 5.20. The molecule has 0 aliphatic heterocycles. The molecule has 0 aliphatic carbocycles. The normalized spacial score (nSPS) is 11.3. The molecule has 0 aromatic carbocycles. The van der Waals surface area contributed by atoms with Gasteiger partial charge in [0.1, 0.15) is 0 Å². The summed E-state index contributed by atoms with van der Waals surface area (Å²) in [5.74, 6) is -0.310. The SMILES string of the molecule is CCCCC(=O)OC(N)=NC. The van der Waals surface area contributed by atoms with Crippen LogP contribution >= 0.6 is 0 Å². The molecule has 0 radical (unpaired) electrons. The summed E-state index contributed by atoms with van der Waals surface area (Å²) in [6, 6.07) is -0.0638.